The molecule has 0 fully saturated rings. The summed E-state index contributed by atoms with van der Waals surface area (Å²) in [6.45, 7) is -0.0511. The van der Waals surface area contributed by atoms with E-state index in [1.807, 2.05) is 6.07 Å². The van der Waals surface area contributed by atoms with E-state index in [1.165, 1.54) is 0 Å². The van der Waals surface area contributed by atoms with Crippen molar-refractivity contribution in [2.45, 2.75) is 6.10 Å². The van der Waals surface area contributed by atoms with Gasteiger partial charge in [-0.3, -0.25) is 0 Å². The zero-order valence-electron chi connectivity index (χ0n) is 7.73. The van der Waals surface area contributed by atoms with Crippen LogP contribution >= 0.6 is 0 Å². The molecule has 72 valence electrons. The first kappa shape index (κ1) is 9.95. The number of aliphatic hydroxyl groups excluding tert-OH is 1. The third-order valence-electron chi connectivity index (χ3n) is 1.79. The van der Waals surface area contributed by atoms with E-state index in [0.29, 0.717) is 5.88 Å². The summed E-state index contributed by atoms with van der Waals surface area (Å²) in [5.74, 6) is 0.552. The molecule has 0 spiro atoms. The second kappa shape index (κ2) is 4.79. The Morgan fingerprint density at radius 3 is 2.62 bits per heavy atom. The minimum atomic E-state index is -0.307. The molecule has 0 aliphatic heterocycles. The van der Waals surface area contributed by atoms with E-state index >= 15 is 0 Å². The van der Waals surface area contributed by atoms with Gasteiger partial charge in [0, 0.05) is 24.9 Å². The van der Waals surface area contributed by atoms with Crippen molar-refractivity contribution in [3.63, 3.8) is 0 Å². The molecule has 1 aromatic rings. The van der Waals surface area contributed by atoms with Crippen molar-refractivity contribution < 1.29 is 14.6 Å². The lowest BCUT2D eigenvalue weighted by Gasteiger charge is -2.11. The number of rotatable bonds is 4. The molecule has 0 saturated carbocycles. The molecular formula is C9H13NO3. The van der Waals surface area contributed by atoms with Crippen molar-refractivity contribution in [2.75, 3.05) is 20.8 Å². The Balaban J connectivity index is 2.78. The van der Waals surface area contributed by atoms with Crippen LogP contribution in [-0.4, -0.2) is 30.9 Å². The number of hydrogen-bond donors (Lipinski definition) is 1. The van der Waals surface area contributed by atoms with E-state index in [2.05, 4.69) is 4.98 Å². The number of hydrogen-bond acceptors (Lipinski definition) is 4. The second-order valence-electron chi connectivity index (χ2n) is 2.54. The number of pyridine rings is 1. The van der Waals surface area contributed by atoms with Crippen LogP contribution in [0.25, 0.3) is 0 Å². The van der Waals surface area contributed by atoms with Gasteiger partial charge in [0.05, 0.1) is 13.7 Å². The zero-order chi connectivity index (χ0) is 9.68. The molecule has 0 amide bonds. The molecule has 0 unspecified atom stereocenters. The van der Waals surface area contributed by atoms with Crippen molar-refractivity contribution in [3.8, 4) is 5.88 Å². The first-order valence-corrected chi connectivity index (χ1v) is 3.95. The van der Waals surface area contributed by atoms with Crippen molar-refractivity contribution >= 4 is 0 Å². The third kappa shape index (κ3) is 2.40. The summed E-state index contributed by atoms with van der Waals surface area (Å²) >= 11 is 0. The Morgan fingerprint density at radius 2 is 2.23 bits per heavy atom. The molecule has 1 heterocycles. The molecule has 4 nitrogen and oxygen atoms in total. The Hall–Kier alpha value is -1.13. The van der Waals surface area contributed by atoms with Gasteiger partial charge in [-0.05, 0) is 6.07 Å². The van der Waals surface area contributed by atoms with Crippen LogP contribution in [-0.2, 0) is 4.74 Å². The summed E-state index contributed by atoms with van der Waals surface area (Å²) in [6, 6.07) is 3.55. The van der Waals surface area contributed by atoms with Crippen LogP contribution < -0.4 is 4.74 Å². The van der Waals surface area contributed by atoms with E-state index in [1.54, 1.807) is 26.5 Å². The van der Waals surface area contributed by atoms with Gasteiger partial charge in [-0.1, -0.05) is 0 Å². The predicted molar refractivity (Wildman–Crippen MR) is 47.6 cm³/mol. The first-order chi connectivity index (χ1) is 6.31. The molecule has 13 heavy (non-hydrogen) atoms. The summed E-state index contributed by atoms with van der Waals surface area (Å²) in [6.07, 6.45) is 1.32. The number of aromatic nitrogens is 1. The third-order valence-corrected chi connectivity index (χ3v) is 1.79. The number of aliphatic hydroxyl groups is 1. The summed E-state index contributed by atoms with van der Waals surface area (Å²) in [7, 11) is 3.10. The quantitative estimate of drug-likeness (QED) is 0.749. The average molecular weight is 183 g/mol. The average Bonchev–Trinajstić information content (AvgIpc) is 2.21. The van der Waals surface area contributed by atoms with Crippen LogP contribution in [0.2, 0.25) is 0 Å². The molecule has 0 aliphatic rings. The smallest absolute Gasteiger partial charge is 0.212 e. The highest BCUT2D eigenvalue weighted by atomic mass is 16.5. The van der Waals surface area contributed by atoms with Crippen LogP contribution in [0.5, 0.6) is 5.88 Å². The van der Waals surface area contributed by atoms with Crippen LogP contribution in [0.3, 0.4) is 0 Å². The summed E-state index contributed by atoms with van der Waals surface area (Å²) in [5.41, 5.74) is 0.839. The number of methoxy groups -OCH3 is 2. The molecule has 1 atom stereocenters. The number of ether oxygens (including phenoxy) is 2. The van der Waals surface area contributed by atoms with Gasteiger partial charge >= 0.3 is 0 Å². The maximum atomic E-state index is 8.92. The fraction of sp³-hybridized carbons (Fsp3) is 0.444. The Kier molecular flexibility index (Phi) is 3.67. The summed E-state index contributed by atoms with van der Waals surface area (Å²) in [5, 5.41) is 8.92. The maximum Gasteiger partial charge on any atom is 0.212 e. The van der Waals surface area contributed by atoms with E-state index in [9.17, 15) is 0 Å². The Bertz CT molecular complexity index is 244. The highest BCUT2D eigenvalue weighted by molar-refractivity contribution is 5.19. The lowest BCUT2D eigenvalue weighted by molar-refractivity contribution is 0.0481. The first-order valence-electron chi connectivity index (χ1n) is 3.95. The lowest BCUT2D eigenvalue weighted by atomic mass is 10.2. The second-order valence-corrected chi connectivity index (χ2v) is 2.54. The monoisotopic (exact) mass is 183 g/mol. The standard InChI is InChI=1S/C9H13NO3/c1-12-8(6-11)7-3-4-9(13-2)10-5-7/h3-5,8,11H,6H2,1-2H3/t8-/m0/s1. The van der Waals surface area contributed by atoms with Gasteiger partial charge in [-0.25, -0.2) is 4.98 Å². The molecule has 0 aromatic carbocycles. The van der Waals surface area contributed by atoms with Gasteiger partial charge in [0.25, 0.3) is 0 Å². The minimum Gasteiger partial charge on any atom is -0.481 e. The van der Waals surface area contributed by atoms with Gasteiger partial charge in [0.2, 0.25) is 5.88 Å². The van der Waals surface area contributed by atoms with Crippen molar-refractivity contribution in [1.29, 1.82) is 0 Å². The van der Waals surface area contributed by atoms with Gasteiger partial charge in [-0.15, -0.1) is 0 Å². The minimum absolute atomic E-state index is 0.0511. The summed E-state index contributed by atoms with van der Waals surface area (Å²) in [4.78, 5) is 4.00. The fourth-order valence-electron chi connectivity index (χ4n) is 1.02. The molecular weight excluding hydrogens is 170 g/mol. The van der Waals surface area contributed by atoms with Crippen LogP contribution in [0.15, 0.2) is 18.3 Å². The molecule has 0 saturated heterocycles. The Morgan fingerprint density at radius 1 is 1.46 bits per heavy atom. The van der Waals surface area contributed by atoms with Gasteiger partial charge in [0.1, 0.15) is 6.10 Å². The van der Waals surface area contributed by atoms with Gasteiger partial charge < -0.3 is 14.6 Å². The SMILES string of the molecule is COc1ccc([C@H](CO)OC)cn1. The highest BCUT2D eigenvalue weighted by Gasteiger charge is 2.08. The molecule has 0 bridgehead atoms. The molecule has 0 aliphatic carbocycles. The number of nitrogens with zero attached hydrogens (tertiary/aromatic N) is 1. The molecule has 1 N–H and O–H groups in total. The van der Waals surface area contributed by atoms with E-state index in [4.69, 9.17) is 14.6 Å². The van der Waals surface area contributed by atoms with Crippen molar-refractivity contribution in [3.05, 3.63) is 23.9 Å². The van der Waals surface area contributed by atoms with Crippen LogP contribution in [0.1, 0.15) is 11.7 Å². The highest BCUT2D eigenvalue weighted by Crippen LogP contribution is 2.16. The molecule has 1 rings (SSSR count). The summed E-state index contributed by atoms with van der Waals surface area (Å²) < 4.78 is 9.93. The van der Waals surface area contributed by atoms with Crippen molar-refractivity contribution in [2.24, 2.45) is 0 Å². The topological polar surface area (TPSA) is 51.6 Å². The fourth-order valence-corrected chi connectivity index (χ4v) is 1.02. The normalized spacial score (nSPS) is 12.5. The largest absolute Gasteiger partial charge is 0.481 e. The zero-order valence-corrected chi connectivity index (χ0v) is 7.73. The van der Waals surface area contributed by atoms with Gasteiger partial charge in [-0.2, -0.15) is 0 Å². The molecule has 4 heteroatoms. The lowest BCUT2D eigenvalue weighted by Crippen LogP contribution is -2.06. The molecule has 0 radical (unpaired) electrons. The van der Waals surface area contributed by atoms with E-state index in [-0.39, 0.29) is 12.7 Å². The van der Waals surface area contributed by atoms with Crippen LogP contribution in [0.4, 0.5) is 0 Å². The predicted octanol–water partition coefficient (Wildman–Crippen LogP) is 0.770. The van der Waals surface area contributed by atoms with E-state index < -0.39 is 0 Å². The maximum absolute atomic E-state index is 8.92. The molecule has 1 aromatic heterocycles. The van der Waals surface area contributed by atoms with Crippen LogP contribution in [0, 0.1) is 0 Å². The van der Waals surface area contributed by atoms with Crippen molar-refractivity contribution in [1.82, 2.24) is 4.98 Å². The van der Waals surface area contributed by atoms with E-state index in [0.717, 1.165) is 5.56 Å². The van der Waals surface area contributed by atoms with Gasteiger partial charge in [0.15, 0.2) is 0 Å². The Labute approximate surface area is 77.1 Å².